The molecule has 106 valence electrons. The van der Waals surface area contributed by atoms with Gasteiger partial charge in [-0.3, -0.25) is 4.79 Å². The molecule has 1 heterocycles. The van der Waals surface area contributed by atoms with Crippen molar-refractivity contribution in [3.63, 3.8) is 0 Å². The Hall–Kier alpha value is -2.75. The van der Waals surface area contributed by atoms with Crippen molar-refractivity contribution < 1.29 is 9.53 Å². The lowest BCUT2D eigenvalue weighted by molar-refractivity contribution is 0.104. The lowest BCUT2D eigenvalue weighted by Crippen LogP contribution is -2.00. The zero-order valence-corrected chi connectivity index (χ0v) is 11.7. The third-order valence-corrected chi connectivity index (χ3v) is 3.38. The van der Waals surface area contributed by atoms with Gasteiger partial charge in [0.15, 0.2) is 5.78 Å². The number of rotatable bonds is 4. The van der Waals surface area contributed by atoms with Gasteiger partial charge >= 0.3 is 0 Å². The Bertz CT molecular complexity index is 788. The molecule has 3 N–H and O–H groups in total. The molecule has 0 radical (unpaired) electrons. The maximum atomic E-state index is 12.6. The molecule has 0 unspecified atom stereocenters. The van der Waals surface area contributed by atoms with E-state index in [-0.39, 0.29) is 5.78 Å². The van der Waals surface area contributed by atoms with Crippen LogP contribution in [-0.4, -0.2) is 17.4 Å². The van der Waals surface area contributed by atoms with Crippen LogP contribution in [0.1, 0.15) is 22.8 Å². The molecular weight excluding hydrogens is 264 g/mol. The third-order valence-electron chi connectivity index (χ3n) is 3.38. The van der Waals surface area contributed by atoms with Crippen molar-refractivity contribution in [2.75, 3.05) is 12.3 Å². The van der Waals surface area contributed by atoms with Gasteiger partial charge in [-0.2, -0.15) is 0 Å². The highest BCUT2D eigenvalue weighted by molar-refractivity contribution is 6.16. The summed E-state index contributed by atoms with van der Waals surface area (Å²) in [6.07, 6.45) is 1.74. The number of carbonyl (C=O) groups is 1. The maximum Gasteiger partial charge on any atom is 0.195 e. The van der Waals surface area contributed by atoms with Crippen LogP contribution >= 0.6 is 0 Å². The summed E-state index contributed by atoms with van der Waals surface area (Å²) in [5.74, 6) is 0.728. The molecule has 0 saturated heterocycles. The fourth-order valence-corrected chi connectivity index (χ4v) is 2.33. The van der Waals surface area contributed by atoms with Gasteiger partial charge in [0.2, 0.25) is 0 Å². The topological polar surface area (TPSA) is 68.1 Å². The summed E-state index contributed by atoms with van der Waals surface area (Å²) in [5, 5.41) is 0.864. The van der Waals surface area contributed by atoms with Gasteiger partial charge in [0.25, 0.3) is 0 Å². The Labute approximate surface area is 122 Å². The number of ketones is 1. The van der Waals surface area contributed by atoms with E-state index in [9.17, 15) is 4.79 Å². The second kappa shape index (κ2) is 5.32. The number of nitrogen functional groups attached to an aromatic ring is 1. The van der Waals surface area contributed by atoms with E-state index in [1.165, 1.54) is 0 Å². The van der Waals surface area contributed by atoms with Crippen molar-refractivity contribution in [3.8, 4) is 5.75 Å². The average Bonchev–Trinajstić information content (AvgIpc) is 2.91. The van der Waals surface area contributed by atoms with Gasteiger partial charge in [0.1, 0.15) is 5.75 Å². The zero-order chi connectivity index (χ0) is 14.8. The summed E-state index contributed by atoms with van der Waals surface area (Å²) >= 11 is 0. The van der Waals surface area contributed by atoms with Crippen molar-refractivity contribution in [2.45, 2.75) is 6.92 Å². The highest BCUT2D eigenvalue weighted by Gasteiger charge is 2.14. The fraction of sp³-hybridized carbons (Fsp3) is 0.118. The summed E-state index contributed by atoms with van der Waals surface area (Å²) in [7, 11) is 0. The minimum absolute atomic E-state index is 0.0325. The Morgan fingerprint density at radius 1 is 1.19 bits per heavy atom. The number of aromatic nitrogens is 1. The second-order valence-electron chi connectivity index (χ2n) is 4.79. The number of anilines is 1. The van der Waals surface area contributed by atoms with E-state index in [2.05, 4.69) is 4.98 Å². The first-order valence-corrected chi connectivity index (χ1v) is 6.83. The number of hydrogen-bond acceptors (Lipinski definition) is 3. The van der Waals surface area contributed by atoms with Gasteiger partial charge in [-0.15, -0.1) is 0 Å². The standard InChI is InChI=1S/C17H16N2O2/c1-2-21-13-7-8-16-14(9-13)15(10-19-16)17(20)11-3-5-12(18)6-4-11/h3-10,19H,2,18H2,1H3. The van der Waals surface area contributed by atoms with Gasteiger partial charge in [-0.25, -0.2) is 0 Å². The van der Waals surface area contributed by atoms with E-state index < -0.39 is 0 Å². The molecule has 4 nitrogen and oxygen atoms in total. The van der Waals surface area contributed by atoms with E-state index in [1.807, 2.05) is 25.1 Å². The van der Waals surface area contributed by atoms with Crippen LogP contribution in [0.4, 0.5) is 5.69 Å². The van der Waals surface area contributed by atoms with Crippen LogP contribution in [-0.2, 0) is 0 Å². The van der Waals surface area contributed by atoms with E-state index >= 15 is 0 Å². The largest absolute Gasteiger partial charge is 0.494 e. The first-order chi connectivity index (χ1) is 10.2. The number of benzene rings is 2. The summed E-state index contributed by atoms with van der Waals surface area (Å²) in [6.45, 7) is 2.53. The van der Waals surface area contributed by atoms with E-state index in [1.54, 1.807) is 30.5 Å². The third kappa shape index (κ3) is 2.48. The first-order valence-electron chi connectivity index (χ1n) is 6.83. The van der Waals surface area contributed by atoms with E-state index in [0.717, 1.165) is 16.7 Å². The molecule has 0 aliphatic heterocycles. The molecule has 0 spiro atoms. The molecular formula is C17H16N2O2. The van der Waals surface area contributed by atoms with Crippen LogP contribution in [0.2, 0.25) is 0 Å². The van der Waals surface area contributed by atoms with Crippen molar-refractivity contribution in [2.24, 2.45) is 0 Å². The van der Waals surface area contributed by atoms with Crippen molar-refractivity contribution in [3.05, 3.63) is 59.8 Å². The monoisotopic (exact) mass is 280 g/mol. The number of ether oxygens (including phenoxy) is 1. The molecule has 3 aromatic rings. The van der Waals surface area contributed by atoms with Gasteiger partial charge in [0, 0.05) is 33.9 Å². The molecule has 0 saturated carbocycles. The molecule has 0 aliphatic rings. The Balaban J connectivity index is 2.04. The molecule has 4 heteroatoms. The number of carbonyl (C=O) groups excluding carboxylic acids is 1. The minimum atomic E-state index is -0.0325. The Morgan fingerprint density at radius 3 is 2.67 bits per heavy atom. The molecule has 0 fully saturated rings. The molecule has 2 aromatic carbocycles. The number of nitrogens with two attached hydrogens (primary N) is 1. The quantitative estimate of drug-likeness (QED) is 0.568. The van der Waals surface area contributed by atoms with Crippen LogP contribution in [0.5, 0.6) is 5.75 Å². The van der Waals surface area contributed by atoms with Gasteiger partial charge < -0.3 is 15.5 Å². The summed E-state index contributed by atoms with van der Waals surface area (Å²) in [5.41, 5.74) is 8.47. The molecule has 21 heavy (non-hydrogen) atoms. The highest BCUT2D eigenvalue weighted by atomic mass is 16.5. The normalized spacial score (nSPS) is 10.7. The molecule has 0 amide bonds. The van der Waals surface area contributed by atoms with Crippen LogP contribution in [0.25, 0.3) is 10.9 Å². The molecule has 0 bridgehead atoms. The van der Waals surface area contributed by atoms with Crippen LogP contribution in [0, 0.1) is 0 Å². The fourth-order valence-electron chi connectivity index (χ4n) is 2.33. The lowest BCUT2D eigenvalue weighted by atomic mass is 10.0. The number of H-pyrrole nitrogens is 1. The molecule has 0 aliphatic carbocycles. The molecule has 0 atom stereocenters. The van der Waals surface area contributed by atoms with Crippen molar-refractivity contribution in [1.82, 2.24) is 4.98 Å². The average molecular weight is 280 g/mol. The Morgan fingerprint density at radius 2 is 1.95 bits per heavy atom. The first kappa shape index (κ1) is 13.2. The maximum absolute atomic E-state index is 12.6. The summed E-state index contributed by atoms with van der Waals surface area (Å²) < 4.78 is 5.50. The SMILES string of the molecule is CCOc1ccc2[nH]cc(C(=O)c3ccc(N)cc3)c2c1. The zero-order valence-electron chi connectivity index (χ0n) is 11.7. The lowest BCUT2D eigenvalue weighted by Gasteiger charge is -2.04. The second-order valence-corrected chi connectivity index (χ2v) is 4.79. The number of fused-ring (bicyclic) bond motifs is 1. The van der Waals surface area contributed by atoms with Crippen LogP contribution < -0.4 is 10.5 Å². The number of hydrogen-bond donors (Lipinski definition) is 2. The van der Waals surface area contributed by atoms with Crippen LogP contribution in [0.3, 0.4) is 0 Å². The number of aromatic amines is 1. The predicted molar refractivity (Wildman–Crippen MR) is 83.8 cm³/mol. The Kier molecular flexibility index (Phi) is 3.36. The highest BCUT2D eigenvalue weighted by Crippen LogP contribution is 2.25. The van der Waals surface area contributed by atoms with E-state index in [0.29, 0.717) is 23.4 Å². The number of nitrogens with one attached hydrogen (secondary N) is 1. The smallest absolute Gasteiger partial charge is 0.195 e. The molecule has 1 aromatic heterocycles. The minimum Gasteiger partial charge on any atom is -0.494 e. The van der Waals surface area contributed by atoms with Gasteiger partial charge in [-0.1, -0.05) is 0 Å². The van der Waals surface area contributed by atoms with Crippen molar-refractivity contribution >= 4 is 22.4 Å². The summed E-state index contributed by atoms with van der Waals surface area (Å²) in [4.78, 5) is 15.7. The van der Waals surface area contributed by atoms with Gasteiger partial charge in [0.05, 0.1) is 6.61 Å². The summed E-state index contributed by atoms with van der Waals surface area (Å²) in [6, 6.07) is 12.6. The van der Waals surface area contributed by atoms with Gasteiger partial charge in [-0.05, 0) is 49.4 Å². The van der Waals surface area contributed by atoms with E-state index in [4.69, 9.17) is 10.5 Å². The molecule has 3 rings (SSSR count). The van der Waals surface area contributed by atoms with Crippen LogP contribution in [0.15, 0.2) is 48.7 Å². The predicted octanol–water partition coefficient (Wildman–Crippen LogP) is 3.38. The van der Waals surface area contributed by atoms with Crippen molar-refractivity contribution in [1.29, 1.82) is 0 Å².